The largest absolute Gasteiger partial charge is 0.494 e. The van der Waals surface area contributed by atoms with E-state index in [1.165, 1.54) is 0 Å². The lowest BCUT2D eigenvalue weighted by Crippen LogP contribution is -1.93. The Kier molecular flexibility index (Phi) is 3.63. The number of hydrogen-bond donors (Lipinski definition) is 0. The maximum atomic E-state index is 5.95. The minimum atomic E-state index is 0.426. The predicted octanol–water partition coefficient (Wildman–Crippen LogP) is 3.76. The van der Waals surface area contributed by atoms with Crippen molar-refractivity contribution in [3.8, 4) is 16.9 Å². The van der Waals surface area contributed by atoms with Gasteiger partial charge in [0.25, 0.3) is 0 Å². The van der Waals surface area contributed by atoms with Crippen LogP contribution >= 0.6 is 11.6 Å². The molecule has 2 rings (SSSR count). The highest BCUT2D eigenvalue weighted by Gasteiger charge is 2.11. The summed E-state index contributed by atoms with van der Waals surface area (Å²) < 4.78 is 5.32. The van der Waals surface area contributed by atoms with Crippen LogP contribution in [0.5, 0.6) is 5.75 Å². The molecule has 0 atom stereocenters. The Labute approximate surface area is 111 Å². The Balaban J connectivity index is 2.70. The average Bonchev–Trinajstić information content (AvgIpc) is 2.38. The van der Waals surface area contributed by atoms with Gasteiger partial charge in [-0.05, 0) is 24.6 Å². The summed E-state index contributed by atoms with van der Waals surface area (Å²) in [6.07, 6.45) is 5.15. The molecule has 4 heteroatoms. The highest BCUT2D eigenvalue weighted by Crippen LogP contribution is 2.33. The smallest absolute Gasteiger partial charge is 0.145 e. The van der Waals surface area contributed by atoms with Crippen LogP contribution in [0.15, 0.2) is 31.1 Å². The molecule has 0 amide bonds. The second kappa shape index (κ2) is 5.19. The lowest BCUT2D eigenvalue weighted by Gasteiger charge is -2.11. The van der Waals surface area contributed by atoms with Gasteiger partial charge >= 0.3 is 0 Å². The van der Waals surface area contributed by atoms with Crippen LogP contribution in [0.4, 0.5) is 0 Å². The zero-order valence-corrected chi connectivity index (χ0v) is 11.0. The average molecular weight is 261 g/mol. The van der Waals surface area contributed by atoms with Crippen molar-refractivity contribution >= 4 is 17.7 Å². The highest BCUT2D eigenvalue weighted by molar-refractivity contribution is 6.29. The van der Waals surface area contributed by atoms with Crippen molar-refractivity contribution in [2.75, 3.05) is 7.11 Å². The van der Waals surface area contributed by atoms with Crippen molar-refractivity contribution in [3.05, 3.63) is 47.5 Å². The van der Waals surface area contributed by atoms with Crippen LogP contribution in [0.25, 0.3) is 17.2 Å². The second-order valence-electron chi connectivity index (χ2n) is 3.82. The number of methoxy groups -OCH3 is 1. The Morgan fingerprint density at radius 3 is 2.67 bits per heavy atom. The number of nitrogens with zero attached hydrogens (tertiary/aromatic N) is 2. The predicted molar refractivity (Wildman–Crippen MR) is 73.9 cm³/mol. The summed E-state index contributed by atoms with van der Waals surface area (Å²) in [6, 6.07) is 3.76. The van der Waals surface area contributed by atoms with E-state index in [0.717, 1.165) is 22.4 Å². The molecule has 0 aliphatic rings. The van der Waals surface area contributed by atoms with Crippen LogP contribution in [-0.2, 0) is 0 Å². The number of pyridine rings is 2. The van der Waals surface area contributed by atoms with E-state index in [2.05, 4.69) is 16.5 Å². The summed E-state index contributed by atoms with van der Waals surface area (Å²) in [5.74, 6) is 0.674. The van der Waals surface area contributed by atoms with Crippen LogP contribution in [0.2, 0.25) is 5.15 Å². The van der Waals surface area contributed by atoms with Gasteiger partial charge in [0.1, 0.15) is 10.9 Å². The molecule has 3 nitrogen and oxygen atoms in total. The van der Waals surface area contributed by atoms with Crippen molar-refractivity contribution in [2.45, 2.75) is 6.92 Å². The molecule has 0 fully saturated rings. The Morgan fingerprint density at radius 2 is 2.00 bits per heavy atom. The highest BCUT2D eigenvalue weighted by atomic mass is 35.5. The SMILES string of the molecule is C=Cc1cnc(C)cc1-c1cc(Cl)ncc1OC. The van der Waals surface area contributed by atoms with Gasteiger partial charge in [-0.2, -0.15) is 0 Å². The van der Waals surface area contributed by atoms with Crippen molar-refractivity contribution in [3.63, 3.8) is 0 Å². The van der Waals surface area contributed by atoms with Crippen LogP contribution < -0.4 is 4.74 Å². The molecule has 0 aliphatic heterocycles. The monoisotopic (exact) mass is 260 g/mol. The quantitative estimate of drug-likeness (QED) is 0.788. The molecule has 0 spiro atoms. The molecule has 0 aliphatic carbocycles. The van der Waals surface area contributed by atoms with Crippen molar-refractivity contribution < 1.29 is 4.74 Å². The third-order valence-electron chi connectivity index (χ3n) is 2.64. The lowest BCUT2D eigenvalue weighted by molar-refractivity contribution is 0.414. The van der Waals surface area contributed by atoms with Gasteiger partial charge in [0, 0.05) is 23.0 Å². The van der Waals surface area contributed by atoms with Gasteiger partial charge in [0.2, 0.25) is 0 Å². The first-order chi connectivity index (χ1) is 8.65. The second-order valence-corrected chi connectivity index (χ2v) is 4.21. The Hall–Kier alpha value is -1.87. The number of aryl methyl sites for hydroxylation is 1. The number of halogens is 1. The van der Waals surface area contributed by atoms with E-state index in [4.69, 9.17) is 16.3 Å². The van der Waals surface area contributed by atoms with Crippen LogP contribution in [-0.4, -0.2) is 17.1 Å². The molecule has 0 saturated heterocycles. The summed E-state index contributed by atoms with van der Waals surface area (Å²) in [5, 5.41) is 0.426. The first kappa shape index (κ1) is 12.6. The van der Waals surface area contributed by atoms with E-state index in [-0.39, 0.29) is 0 Å². The number of aromatic nitrogens is 2. The summed E-state index contributed by atoms with van der Waals surface area (Å²) >= 11 is 5.95. The molecule has 0 saturated carbocycles. The standard InChI is InChI=1S/C14H13ClN2O/c1-4-10-7-16-9(2)5-11(10)12-6-14(15)17-8-13(12)18-3/h4-8H,1H2,2-3H3. The number of ether oxygens (including phenoxy) is 1. The minimum Gasteiger partial charge on any atom is -0.494 e. The maximum Gasteiger partial charge on any atom is 0.145 e. The molecular formula is C14H13ClN2O. The molecule has 0 N–H and O–H groups in total. The fraction of sp³-hybridized carbons (Fsp3) is 0.143. The van der Waals surface area contributed by atoms with Gasteiger partial charge in [0.15, 0.2) is 0 Å². The molecule has 92 valence electrons. The molecule has 0 radical (unpaired) electrons. The van der Waals surface area contributed by atoms with E-state index >= 15 is 0 Å². The topological polar surface area (TPSA) is 35.0 Å². The molecule has 18 heavy (non-hydrogen) atoms. The third kappa shape index (κ3) is 2.36. The van der Waals surface area contributed by atoms with Gasteiger partial charge in [-0.25, -0.2) is 4.98 Å². The van der Waals surface area contributed by atoms with Gasteiger partial charge < -0.3 is 4.74 Å². The van der Waals surface area contributed by atoms with Crippen molar-refractivity contribution in [2.24, 2.45) is 0 Å². The first-order valence-electron chi connectivity index (χ1n) is 5.44. The minimum absolute atomic E-state index is 0.426. The van der Waals surface area contributed by atoms with E-state index in [1.54, 1.807) is 31.6 Å². The van der Waals surface area contributed by atoms with Gasteiger partial charge in [0.05, 0.1) is 13.3 Å². The van der Waals surface area contributed by atoms with E-state index in [1.807, 2.05) is 13.0 Å². The van der Waals surface area contributed by atoms with Gasteiger partial charge in [-0.1, -0.05) is 24.3 Å². The fourth-order valence-electron chi connectivity index (χ4n) is 1.76. The van der Waals surface area contributed by atoms with Crippen LogP contribution in [0.1, 0.15) is 11.3 Å². The number of rotatable bonds is 3. The van der Waals surface area contributed by atoms with Crippen LogP contribution in [0.3, 0.4) is 0 Å². The molecule has 2 aromatic heterocycles. The summed E-state index contributed by atoms with van der Waals surface area (Å²) in [7, 11) is 1.61. The van der Waals surface area contributed by atoms with Crippen LogP contribution in [0, 0.1) is 6.92 Å². The zero-order valence-electron chi connectivity index (χ0n) is 10.3. The van der Waals surface area contributed by atoms with Gasteiger partial charge in [-0.3, -0.25) is 4.98 Å². The third-order valence-corrected chi connectivity index (χ3v) is 2.84. The summed E-state index contributed by atoms with van der Waals surface area (Å²) in [6.45, 7) is 5.73. The van der Waals surface area contributed by atoms with E-state index in [9.17, 15) is 0 Å². The van der Waals surface area contributed by atoms with Gasteiger partial charge in [-0.15, -0.1) is 0 Å². The van der Waals surface area contributed by atoms with Crippen molar-refractivity contribution in [1.29, 1.82) is 0 Å². The maximum absolute atomic E-state index is 5.95. The molecule has 0 aromatic carbocycles. The van der Waals surface area contributed by atoms with E-state index < -0.39 is 0 Å². The molecule has 2 heterocycles. The lowest BCUT2D eigenvalue weighted by atomic mass is 10.0. The molecular weight excluding hydrogens is 248 g/mol. The fourth-order valence-corrected chi connectivity index (χ4v) is 1.91. The normalized spacial score (nSPS) is 10.2. The molecule has 0 bridgehead atoms. The first-order valence-corrected chi connectivity index (χ1v) is 5.82. The Bertz CT molecular complexity index is 596. The number of hydrogen-bond acceptors (Lipinski definition) is 3. The molecule has 2 aromatic rings. The van der Waals surface area contributed by atoms with E-state index in [0.29, 0.717) is 10.9 Å². The molecule has 0 unspecified atom stereocenters. The summed E-state index contributed by atoms with van der Waals surface area (Å²) in [5.41, 5.74) is 3.73. The Morgan fingerprint density at radius 1 is 1.22 bits per heavy atom. The zero-order chi connectivity index (χ0) is 13.1. The van der Waals surface area contributed by atoms with Crippen molar-refractivity contribution in [1.82, 2.24) is 9.97 Å². The summed E-state index contributed by atoms with van der Waals surface area (Å²) in [4.78, 5) is 8.27.